The van der Waals surface area contributed by atoms with Gasteiger partial charge in [0.2, 0.25) is 0 Å². The van der Waals surface area contributed by atoms with E-state index in [9.17, 15) is 4.79 Å². The number of hydrogen-bond acceptors (Lipinski definition) is 4. The summed E-state index contributed by atoms with van der Waals surface area (Å²) in [6.45, 7) is 2.90. The molecule has 3 N–H and O–H groups in total. The molecule has 0 aromatic carbocycles. The highest BCUT2D eigenvalue weighted by molar-refractivity contribution is 5.29. The fraction of sp³-hybridized carbons (Fsp3) is 0.600. The van der Waals surface area contributed by atoms with E-state index in [1.54, 1.807) is 6.20 Å². The van der Waals surface area contributed by atoms with E-state index in [1.165, 1.54) is 6.20 Å². The quantitative estimate of drug-likeness (QED) is 0.602. The van der Waals surface area contributed by atoms with Crippen molar-refractivity contribution in [1.29, 1.82) is 0 Å². The Bertz CT molecular complexity index is 337. The summed E-state index contributed by atoms with van der Waals surface area (Å²) in [4.78, 5) is 17.6. The van der Waals surface area contributed by atoms with Gasteiger partial charge in [-0.2, -0.15) is 0 Å². The zero-order chi connectivity index (χ0) is 11.1. The number of aliphatic hydroxyl groups is 1. The van der Waals surface area contributed by atoms with E-state index in [4.69, 9.17) is 5.11 Å². The van der Waals surface area contributed by atoms with Gasteiger partial charge in [-0.25, -0.2) is 4.98 Å². The third-order valence-corrected chi connectivity index (χ3v) is 2.19. The van der Waals surface area contributed by atoms with Crippen LogP contribution in [0.3, 0.4) is 0 Å². The van der Waals surface area contributed by atoms with Gasteiger partial charge in [0, 0.05) is 25.5 Å². The predicted molar refractivity (Wildman–Crippen MR) is 58.8 cm³/mol. The molecule has 84 valence electrons. The third-order valence-electron chi connectivity index (χ3n) is 2.19. The summed E-state index contributed by atoms with van der Waals surface area (Å²) in [7, 11) is 0. The number of rotatable bonds is 6. The summed E-state index contributed by atoms with van der Waals surface area (Å²) >= 11 is 0. The normalized spacial score (nSPS) is 12.4. The molecule has 1 aromatic heterocycles. The second kappa shape index (κ2) is 6.19. The third kappa shape index (κ3) is 4.12. The maximum absolute atomic E-state index is 11.2. The summed E-state index contributed by atoms with van der Waals surface area (Å²) < 4.78 is 0. The number of nitrogens with one attached hydrogen (secondary N) is 2. The van der Waals surface area contributed by atoms with Gasteiger partial charge in [0.15, 0.2) is 5.82 Å². The lowest BCUT2D eigenvalue weighted by Gasteiger charge is -2.07. The number of aliphatic hydroxyl groups excluding tert-OH is 1. The smallest absolute Gasteiger partial charge is 0.290 e. The van der Waals surface area contributed by atoms with Gasteiger partial charge in [0.05, 0.1) is 0 Å². The minimum absolute atomic E-state index is 0.201. The number of nitrogens with zero attached hydrogens (tertiary/aromatic N) is 1. The first-order valence-corrected chi connectivity index (χ1v) is 5.12. The summed E-state index contributed by atoms with van der Waals surface area (Å²) in [6.07, 6.45) is 4.90. The molecular weight excluding hydrogens is 194 g/mol. The van der Waals surface area contributed by atoms with E-state index >= 15 is 0 Å². The number of H-pyrrole nitrogens is 1. The highest BCUT2D eigenvalue weighted by Gasteiger charge is 2.01. The molecule has 0 radical (unpaired) electrons. The number of anilines is 1. The summed E-state index contributed by atoms with van der Waals surface area (Å²) in [5, 5.41) is 11.8. The molecule has 5 heteroatoms. The largest absolute Gasteiger partial charge is 0.396 e. The topological polar surface area (TPSA) is 78.0 Å². The van der Waals surface area contributed by atoms with Crippen LogP contribution in [0.2, 0.25) is 0 Å². The average Bonchev–Trinajstić information content (AvgIpc) is 2.26. The Labute approximate surface area is 88.6 Å². The molecule has 0 aliphatic carbocycles. The maximum atomic E-state index is 11.2. The molecule has 1 atom stereocenters. The monoisotopic (exact) mass is 211 g/mol. The summed E-state index contributed by atoms with van der Waals surface area (Å²) in [5.41, 5.74) is -0.201. The van der Waals surface area contributed by atoms with Crippen molar-refractivity contribution >= 4 is 5.82 Å². The van der Waals surface area contributed by atoms with Crippen LogP contribution < -0.4 is 10.9 Å². The summed E-state index contributed by atoms with van der Waals surface area (Å²) in [6, 6.07) is 0. The van der Waals surface area contributed by atoms with Crippen LogP contribution in [0, 0.1) is 5.92 Å². The summed E-state index contributed by atoms with van der Waals surface area (Å²) in [5.74, 6) is 0.669. The van der Waals surface area contributed by atoms with Gasteiger partial charge in [0.25, 0.3) is 5.56 Å². The van der Waals surface area contributed by atoms with Crippen LogP contribution in [0.25, 0.3) is 0 Å². The van der Waals surface area contributed by atoms with Gasteiger partial charge in [-0.1, -0.05) is 6.92 Å². The Morgan fingerprint density at radius 1 is 1.67 bits per heavy atom. The van der Waals surface area contributed by atoms with Crippen molar-refractivity contribution in [2.75, 3.05) is 18.5 Å². The van der Waals surface area contributed by atoms with Gasteiger partial charge in [-0.3, -0.25) is 4.79 Å². The van der Waals surface area contributed by atoms with Crippen molar-refractivity contribution in [3.63, 3.8) is 0 Å². The van der Waals surface area contributed by atoms with Gasteiger partial charge >= 0.3 is 0 Å². The van der Waals surface area contributed by atoms with Crippen LogP contribution >= 0.6 is 0 Å². The Morgan fingerprint density at radius 2 is 2.47 bits per heavy atom. The van der Waals surface area contributed by atoms with Crippen LogP contribution in [-0.4, -0.2) is 28.2 Å². The van der Waals surface area contributed by atoms with Crippen LogP contribution in [0.5, 0.6) is 0 Å². The van der Waals surface area contributed by atoms with E-state index in [0.29, 0.717) is 18.3 Å². The first kappa shape index (κ1) is 11.7. The zero-order valence-electron chi connectivity index (χ0n) is 8.86. The molecule has 1 aromatic rings. The predicted octanol–water partition coefficient (Wildman–Crippen LogP) is 0.590. The molecule has 5 nitrogen and oxygen atoms in total. The van der Waals surface area contributed by atoms with Crippen molar-refractivity contribution in [1.82, 2.24) is 9.97 Å². The zero-order valence-corrected chi connectivity index (χ0v) is 8.86. The molecule has 0 saturated carbocycles. The van der Waals surface area contributed by atoms with E-state index in [1.807, 2.05) is 6.92 Å². The van der Waals surface area contributed by atoms with E-state index in [2.05, 4.69) is 15.3 Å². The maximum Gasteiger partial charge on any atom is 0.290 e. The molecule has 0 aliphatic heterocycles. The highest BCUT2D eigenvalue weighted by atomic mass is 16.3. The number of hydrogen-bond donors (Lipinski definition) is 3. The molecule has 15 heavy (non-hydrogen) atoms. The number of aromatic amines is 1. The fourth-order valence-electron chi connectivity index (χ4n) is 1.23. The number of aromatic nitrogens is 2. The van der Waals surface area contributed by atoms with Crippen molar-refractivity contribution in [3.8, 4) is 0 Å². The molecule has 1 heterocycles. The average molecular weight is 211 g/mol. The lowest BCUT2D eigenvalue weighted by molar-refractivity contribution is 0.229. The molecule has 0 bridgehead atoms. The molecule has 0 spiro atoms. The standard InChI is InChI=1S/C10H17N3O2/c1-8(7-14)3-2-4-11-9-10(15)13-6-5-12-9/h5-6,8,14H,2-4,7H2,1H3,(H,11,12)(H,13,15). The molecule has 0 saturated heterocycles. The first-order valence-electron chi connectivity index (χ1n) is 5.12. The Balaban J connectivity index is 2.26. The van der Waals surface area contributed by atoms with Crippen LogP contribution in [0.15, 0.2) is 17.2 Å². The van der Waals surface area contributed by atoms with Crippen LogP contribution in [0.4, 0.5) is 5.82 Å². The lowest BCUT2D eigenvalue weighted by atomic mass is 10.1. The molecule has 0 fully saturated rings. The minimum Gasteiger partial charge on any atom is -0.396 e. The van der Waals surface area contributed by atoms with E-state index in [0.717, 1.165) is 12.8 Å². The van der Waals surface area contributed by atoms with Gasteiger partial charge in [0.1, 0.15) is 0 Å². The van der Waals surface area contributed by atoms with E-state index < -0.39 is 0 Å². The van der Waals surface area contributed by atoms with E-state index in [-0.39, 0.29) is 12.2 Å². The molecule has 0 aliphatic rings. The van der Waals surface area contributed by atoms with Gasteiger partial charge < -0.3 is 15.4 Å². The molecule has 1 unspecified atom stereocenters. The van der Waals surface area contributed by atoms with Crippen molar-refractivity contribution in [2.45, 2.75) is 19.8 Å². The fourth-order valence-corrected chi connectivity index (χ4v) is 1.23. The van der Waals surface area contributed by atoms with Crippen molar-refractivity contribution in [3.05, 3.63) is 22.7 Å². The molecular formula is C10H17N3O2. The van der Waals surface area contributed by atoms with Gasteiger partial charge in [-0.05, 0) is 18.8 Å². The Hall–Kier alpha value is -1.36. The second-order valence-electron chi connectivity index (χ2n) is 3.62. The SMILES string of the molecule is CC(CO)CCCNc1ncc[nH]c1=O. The van der Waals surface area contributed by atoms with Gasteiger partial charge in [-0.15, -0.1) is 0 Å². The Morgan fingerprint density at radius 3 is 3.13 bits per heavy atom. The van der Waals surface area contributed by atoms with Crippen molar-refractivity contribution in [2.24, 2.45) is 5.92 Å². The molecule has 0 amide bonds. The first-order chi connectivity index (χ1) is 7.24. The van der Waals surface area contributed by atoms with Crippen LogP contribution in [0.1, 0.15) is 19.8 Å². The van der Waals surface area contributed by atoms with Crippen molar-refractivity contribution < 1.29 is 5.11 Å². The second-order valence-corrected chi connectivity index (χ2v) is 3.62. The molecule has 1 rings (SSSR count). The minimum atomic E-state index is -0.201. The van der Waals surface area contributed by atoms with Crippen LogP contribution in [-0.2, 0) is 0 Å². The Kier molecular flexibility index (Phi) is 4.83. The highest BCUT2D eigenvalue weighted by Crippen LogP contribution is 2.03. The lowest BCUT2D eigenvalue weighted by Crippen LogP contribution is -2.16.